The lowest BCUT2D eigenvalue weighted by molar-refractivity contribution is 0.0742. The lowest BCUT2D eigenvalue weighted by Gasteiger charge is -2.32. The van der Waals surface area contributed by atoms with Crippen molar-refractivity contribution < 1.29 is 13.2 Å². The highest BCUT2D eigenvalue weighted by molar-refractivity contribution is 7.92. The zero-order valence-electron chi connectivity index (χ0n) is 15.4. The summed E-state index contributed by atoms with van der Waals surface area (Å²) in [4.78, 5) is 16.8. The minimum Gasteiger partial charge on any atom is -0.341 e. The van der Waals surface area contributed by atoms with Gasteiger partial charge in [-0.3, -0.25) is 9.52 Å². The minimum absolute atomic E-state index is 0.0414. The second-order valence-corrected chi connectivity index (χ2v) is 8.76. The van der Waals surface area contributed by atoms with Crippen LogP contribution in [0.1, 0.15) is 36.5 Å². The fourth-order valence-electron chi connectivity index (χ4n) is 3.34. The van der Waals surface area contributed by atoms with E-state index in [0.29, 0.717) is 30.1 Å². The van der Waals surface area contributed by atoms with Crippen molar-refractivity contribution in [1.29, 1.82) is 0 Å². The molecule has 0 radical (unpaired) electrons. The van der Waals surface area contributed by atoms with Crippen molar-refractivity contribution in [3.63, 3.8) is 0 Å². The number of para-hydroxylation sites is 1. The molecule has 0 bridgehead atoms. The Kier molecular flexibility index (Phi) is 6.84. The number of piperidine rings is 1. The zero-order chi connectivity index (χ0) is 18.4. The van der Waals surface area contributed by atoms with Gasteiger partial charge in [0, 0.05) is 20.1 Å². The van der Waals surface area contributed by atoms with E-state index in [2.05, 4.69) is 16.7 Å². The average molecular weight is 368 g/mol. The number of sulfonamides is 1. The van der Waals surface area contributed by atoms with Crippen molar-refractivity contribution in [2.45, 2.75) is 26.2 Å². The molecule has 1 heterocycles. The van der Waals surface area contributed by atoms with Crippen LogP contribution in [0.2, 0.25) is 0 Å². The molecule has 1 aliphatic heterocycles. The van der Waals surface area contributed by atoms with Gasteiger partial charge < -0.3 is 9.80 Å². The van der Waals surface area contributed by atoms with Gasteiger partial charge in [0.2, 0.25) is 10.0 Å². The smallest absolute Gasteiger partial charge is 0.255 e. The number of hydrogen-bond acceptors (Lipinski definition) is 4. The maximum atomic E-state index is 12.8. The third kappa shape index (κ3) is 5.71. The van der Waals surface area contributed by atoms with Gasteiger partial charge in [-0.15, -0.1) is 0 Å². The van der Waals surface area contributed by atoms with Gasteiger partial charge in [-0.2, -0.15) is 0 Å². The second kappa shape index (κ2) is 8.67. The predicted octanol–water partition coefficient (Wildman–Crippen LogP) is 2.25. The summed E-state index contributed by atoms with van der Waals surface area (Å²) in [6.45, 7) is 4.59. The summed E-state index contributed by atoms with van der Waals surface area (Å²) >= 11 is 0. The van der Waals surface area contributed by atoms with Gasteiger partial charge in [-0.05, 0) is 50.9 Å². The van der Waals surface area contributed by atoms with E-state index in [9.17, 15) is 13.2 Å². The van der Waals surface area contributed by atoms with E-state index in [4.69, 9.17) is 0 Å². The highest BCUT2D eigenvalue weighted by Gasteiger charge is 2.23. The molecule has 1 fully saturated rings. The summed E-state index contributed by atoms with van der Waals surface area (Å²) < 4.78 is 26.7. The van der Waals surface area contributed by atoms with Gasteiger partial charge in [0.15, 0.2) is 0 Å². The van der Waals surface area contributed by atoms with Crippen molar-refractivity contribution in [3.05, 3.63) is 29.8 Å². The first-order valence-corrected chi connectivity index (χ1v) is 10.5. The third-order valence-electron chi connectivity index (χ3n) is 4.50. The average Bonchev–Trinajstić information content (AvgIpc) is 2.54. The molecule has 0 spiro atoms. The van der Waals surface area contributed by atoms with Gasteiger partial charge >= 0.3 is 0 Å². The van der Waals surface area contributed by atoms with Crippen LogP contribution in [0.3, 0.4) is 0 Å². The van der Waals surface area contributed by atoms with Gasteiger partial charge in [-0.1, -0.05) is 19.1 Å². The Balaban J connectivity index is 2.10. The Hall–Kier alpha value is -1.60. The van der Waals surface area contributed by atoms with Crippen LogP contribution in [-0.4, -0.2) is 63.6 Å². The molecule has 1 saturated heterocycles. The SMILES string of the molecule is CCCS(=O)(=O)Nc1ccccc1C(=O)N(C)CC1CCCN(C)C1. The van der Waals surface area contributed by atoms with Crippen LogP contribution in [0, 0.1) is 5.92 Å². The van der Waals surface area contributed by atoms with Crippen LogP contribution >= 0.6 is 0 Å². The summed E-state index contributed by atoms with van der Waals surface area (Å²) in [5.74, 6) is 0.347. The largest absolute Gasteiger partial charge is 0.341 e. The van der Waals surface area contributed by atoms with Gasteiger partial charge in [0.05, 0.1) is 17.0 Å². The van der Waals surface area contributed by atoms with Crippen molar-refractivity contribution in [2.24, 2.45) is 5.92 Å². The first-order chi connectivity index (χ1) is 11.8. The summed E-state index contributed by atoms with van der Waals surface area (Å²) in [6.07, 6.45) is 2.80. The maximum absolute atomic E-state index is 12.8. The molecular weight excluding hydrogens is 338 g/mol. The molecule has 7 heteroatoms. The Labute approximate surface area is 151 Å². The molecule has 1 aromatic rings. The number of rotatable bonds is 7. The molecule has 1 aliphatic rings. The molecule has 1 N–H and O–H groups in total. The summed E-state index contributed by atoms with van der Waals surface area (Å²) in [5, 5.41) is 0. The first-order valence-electron chi connectivity index (χ1n) is 8.86. The summed E-state index contributed by atoms with van der Waals surface area (Å²) in [5.41, 5.74) is 0.752. The molecule has 0 saturated carbocycles. The van der Waals surface area contributed by atoms with E-state index in [1.54, 1.807) is 36.2 Å². The van der Waals surface area contributed by atoms with Gasteiger partial charge in [-0.25, -0.2) is 8.42 Å². The molecule has 6 nitrogen and oxygen atoms in total. The Morgan fingerprint density at radius 3 is 2.76 bits per heavy atom. The summed E-state index contributed by atoms with van der Waals surface area (Å²) in [7, 11) is 0.461. The summed E-state index contributed by atoms with van der Waals surface area (Å²) in [6, 6.07) is 6.81. The number of hydrogen-bond donors (Lipinski definition) is 1. The highest BCUT2D eigenvalue weighted by Crippen LogP contribution is 2.21. The third-order valence-corrected chi connectivity index (χ3v) is 5.97. The Bertz CT molecular complexity index is 691. The Morgan fingerprint density at radius 1 is 1.36 bits per heavy atom. The first kappa shape index (κ1) is 19.7. The monoisotopic (exact) mass is 367 g/mol. The van der Waals surface area contributed by atoms with Gasteiger partial charge in [0.25, 0.3) is 5.91 Å². The number of benzene rings is 1. The van der Waals surface area contributed by atoms with Crippen molar-refractivity contribution >= 4 is 21.6 Å². The van der Waals surface area contributed by atoms with Crippen molar-refractivity contribution in [3.8, 4) is 0 Å². The van der Waals surface area contributed by atoms with E-state index in [1.165, 1.54) is 0 Å². The van der Waals surface area contributed by atoms with Crippen LogP contribution in [0.4, 0.5) is 5.69 Å². The number of nitrogens with one attached hydrogen (secondary N) is 1. The zero-order valence-corrected chi connectivity index (χ0v) is 16.2. The van der Waals surface area contributed by atoms with Gasteiger partial charge in [0.1, 0.15) is 0 Å². The number of anilines is 1. The minimum atomic E-state index is -3.43. The molecular formula is C18H29N3O3S. The topological polar surface area (TPSA) is 69.7 Å². The van der Waals surface area contributed by atoms with E-state index in [0.717, 1.165) is 25.9 Å². The number of nitrogens with zero attached hydrogens (tertiary/aromatic N) is 2. The molecule has 0 aromatic heterocycles. The second-order valence-electron chi connectivity index (χ2n) is 6.92. The standard InChI is InChI=1S/C18H29N3O3S/c1-4-12-25(23,24)19-17-10-6-5-9-16(17)18(22)21(3)14-15-8-7-11-20(2)13-15/h5-6,9-10,15,19H,4,7-8,11-14H2,1-3H3. The molecule has 1 amide bonds. The van der Waals surface area contributed by atoms with E-state index in [-0.39, 0.29) is 11.7 Å². The lowest BCUT2D eigenvalue weighted by Crippen LogP contribution is -2.40. The fourth-order valence-corrected chi connectivity index (χ4v) is 4.50. The van der Waals surface area contributed by atoms with Crippen molar-refractivity contribution in [1.82, 2.24) is 9.80 Å². The van der Waals surface area contributed by atoms with Crippen LogP contribution in [-0.2, 0) is 10.0 Å². The Morgan fingerprint density at radius 2 is 2.08 bits per heavy atom. The molecule has 2 rings (SSSR count). The number of carbonyl (C=O) groups is 1. The molecule has 0 aliphatic carbocycles. The predicted molar refractivity (Wildman–Crippen MR) is 101 cm³/mol. The quantitative estimate of drug-likeness (QED) is 0.802. The van der Waals surface area contributed by atoms with E-state index >= 15 is 0 Å². The highest BCUT2D eigenvalue weighted by atomic mass is 32.2. The van der Waals surface area contributed by atoms with Crippen LogP contribution in [0.25, 0.3) is 0 Å². The fraction of sp³-hybridized carbons (Fsp3) is 0.611. The maximum Gasteiger partial charge on any atom is 0.255 e. The molecule has 1 atom stereocenters. The molecule has 25 heavy (non-hydrogen) atoms. The van der Waals surface area contributed by atoms with E-state index < -0.39 is 10.0 Å². The van der Waals surface area contributed by atoms with Crippen LogP contribution < -0.4 is 4.72 Å². The van der Waals surface area contributed by atoms with Crippen LogP contribution in [0.15, 0.2) is 24.3 Å². The number of amides is 1. The lowest BCUT2D eigenvalue weighted by atomic mass is 9.97. The number of carbonyl (C=O) groups excluding carboxylic acids is 1. The normalized spacial score (nSPS) is 18.8. The number of likely N-dealkylation sites (tertiary alicyclic amines) is 1. The van der Waals surface area contributed by atoms with E-state index in [1.807, 2.05) is 6.92 Å². The van der Waals surface area contributed by atoms with Crippen LogP contribution in [0.5, 0.6) is 0 Å². The van der Waals surface area contributed by atoms with Crippen molar-refractivity contribution in [2.75, 3.05) is 44.2 Å². The molecule has 1 unspecified atom stereocenters. The molecule has 140 valence electrons. The molecule has 1 aromatic carbocycles.